The largest absolute Gasteiger partial charge is 0.493 e. The van der Waals surface area contributed by atoms with E-state index in [1.807, 2.05) is 6.07 Å². The van der Waals surface area contributed by atoms with Crippen molar-refractivity contribution in [2.75, 3.05) is 13.7 Å². The quantitative estimate of drug-likeness (QED) is 0.464. The third kappa shape index (κ3) is 5.68. The molecule has 0 radical (unpaired) electrons. The summed E-state index contributed by atoms with van der Waals surface area (Å²) in [5, 5.41) is 3.76. The minimum atomic E-state index is -0.326. The molecule has 0 bridgehead atoms. The molecule has 3 rings (SSSR count). The molecule has 0 saturated carbocycles. The topological polar surface area (TPSA) is 30.5 Å². The molecule has 0 aromatic heterocycles. The molecule has 6 heteroatoms. The summed E-state index contributed by atoms with van der Waals surface area (Å²) in [5.74, 6) is 0.422. The summed E-state index contributed by atoms with van der Waals surface area (Å²) in [6.07, 6.45) is 0.575. The van der Waals surface area contributed by atoms with Crippen molar-refractivity contribution in [3.63, 3.8) is 0 Å². The van der Waals surface area contributed by atoms with Gasteiger partial charge in [0.2, 0.25) is 0 Å². The van der Waals surface area contributed by atoms with Gasteiger partial charge in [-0.05, 0) is 42.3 Å². The average molecular weight is 418 g/mol. The van der Waals surface area contributed by atoms with Gasteiger partial charge in [-0.15, -0.1) is 0 Å². The fourth-order valence-electron chi connectivity index (χ4n) is 2.90. The van der Waals surface area contributed by atoms with Crippen LogP contribution in [0, 0.1) is 11.6 Å². The molecular weight excluding hydrogens is 396 g/mol. The summed E-state index contributed by atoms with van der Waals surface area (Å²) >= 11 is 6.38. The maximum Gasteiger partial charge on any atom is 0.163 e. The normalized spacial score (nSPS) is 10.8. The highest BCUT2D eigenvalue weighted by molar-refractivity contribution is 6.31. The van der Waals surface area contributed by atoms with Crippen molar-refractivity contribution in [2.45, 2.75) is 19.6 Å². The van der Waals surface area contributed by atoms with Gasteiger partial charge in [0.1, 0.15) is 18.2 Å². The van der Waals surface area contributed by atoms with Gasteiger partial charge in [-0.3, -0.25) is 0 Å². The van der Waals surface area contributed by atoms with Gasteiger partial charge in [-0.1, -0.05) is 48.0 Å². The van der Waals surface area contributed by atoms with Crippen LogP contribution in [0.15, 0.2) is 60.7 Å². The van der Waals surface area contributed by atoms with E-state index in [1.165, 1.54) is 19.2 Å². The van der Waals surface area contributed by atoms with Gasteiger partial charge < -0.3 is 14.8 Å². The molecule has 29 heavy (non-hydrogen) atoms. The lowest BCUT2D eigenvalue weighted by atomic mass is 10.1. The molecule has 152 valence electrons. The minimum Gasteiger partial charge on any atom is -0.493 e. The van der Waals surface area contributed by atoms with Crippen LogP contribution in [0.5, 0.6) is 11.5 Å². The summed E-state index contributed by atoms with van der Waals surface area (Å²) in [4.78, 5) is 0. The molecule has 0 fully saturated rings. The summed E-state index contributed by atoms with van der Waals surface area (Å²) in [7, 11) is 1.54. The maximum absolute atomic E-state index is 13.8. The van der Waals surface area contributed by atoms with Gasteiger partial charge >= 0.3 is 0 Å². The second-order valence-corrected chi connectivity index (χ2v) is 6.90. The number of methoxy groups -OCH3 is 1. The van der Waals surface area contributed by atoms with Gasteiger partial charge in [-0.25, -0.2) is 8.78 Å². The summed E-state index contributed by atoms with van der Waals surface area (Å²) in [6, 6.07) is 16.6. The van der Waals surface area contributed by atoms with Crippen LogP contribution in [0.1, 0.15) is 16.7 Å². The fraction of sp³-hybridized carbons (Fsp3) is 0.217. The van der Waals surface area contributed by atoms with Crippen LogP contribution in [0.4, 0.5) is 8.78 Å². The second-order valence-electron chi connectivity index (χ2n) is 6.49. The Kier molecular flexibility index (Phi) is 7.44. The van der Waals surface area contributed by atoms with Crippen molar-refractivity contribution in [3.05, 3.63) is 94.0 Å². The Morgan fingerprint density at radius 2 is 1.52 bits per heavy atom. The molecule has 3 aromatic carbocycles. The van der Waals surface area contributed by atoms with E-state index in [1.54, 1.807) is 42.5 Å². The van der Waals surface area contributed by atoms with Gasteiger partial charge in [-0.2, -0.15) is 0 Å². The lowest BCUT2D eigenvalue weighted by Gasteiger charge is -2.15. The van der Waals surface area contributed by atoms with Crippen LogP contribution in [-0.2, 0) is 19.6 Å². The number of rotatable bonds is 9. The Morgan fingerprint density at radius 3 is 2.17 bits per heavy atom. The van der Waals surface area contributed by atoms with E-state index in [9.17, 15) is 8.78 Å². The molecule has 0 aliphatic heterocycles. The molecule has 0 heterocycles. The van der Waals surface area contributed by atoms with E-state index in [0.717, 1.165) is 5.56 Å². The Hall–Kier alpha value is -2.63. The van der Waals surface area contributed by atoms with Crippen molar-refractivity contribution in [1.82, 2.24) is 5.32 Å². The number of ether oxygens (including phenoxy) is 2. The van der Waals surface area contributed by atoms with Crippen molar-refractivity contribution in [2.24, 2.45) is 0 Å². The minimum absolute atomic E-state index is 0.0690. The summed E-state index contributed by atoms with van der Waals surface area (Å²) in [5.41, 5.74) is 1.94. The number of halogens is 3. The Balaban J connectivity index is 1.60. The monoisotopic (exact) mass is 417 g/mol. The van der Waals surface area contributed by atoms with Crippen LogP contribution in [-0.4, -0.2) is 13.7 Å². The van der Waals surface area contributed by atoms with Crippen LogP contribution >= 0.6 is 11.6 Å². The Morgan fingerprint density at radius 1 is 0.862 bits per heavy atom. The third-order valence-electron chi connectivity index (χ3n) is 4.52. The highest BCUT2D eigenvalue weighted by Crippen LogP contribution is 2.34. The number of benzene rings is 3. The molecule has 0 aliphatic carbocycles. The zero-order valence-electron chi connectivity index (χ0n) is 16.1. The van der Waals surface area contributed by atoms with E-state index in [2.05, 4.69) is 5.32 Å². The van der Waals surface area contributed by atoms with Crippen molar-refractivity contribution >= 4 is 11.6 Å². The van der Waals surface area contributed by atoms with E-state index in [4.69, 9.17) is 21.1 Å². The van der Waals surface area contributed by atoms with Crippen LogP contribution in [0.2, 0.25) is 5.02 Å². The predicted molar refractivity (Wildman–Crippen MR) is 111 cm³/mol. The van der Waals surface area contributed by atoms with E-state index in [-0.39, 0.29) is 18.2 Å². The number of hydrogen-bond acceptors (Lipinski definition) is 3. The summed E-state index contributed by atoms with van der Waals surface area (Å²) in [6.45, 7) is 1.17. The van der Waals surface area contributed by atoms with Gasteiger partial charge in [0.25, 0.3) is 0 Å². The molecule has 3 nitrogen and oxygen atoms in total. The lowest BCUT2D eigenvalue weighted by molar-refractivity contribution is 0.279. The van der Waals surface area contributed by atoms with Gasteiger partial charge in [0.15, 0.2) is 11.5 Å². The lowest BCUT2D eigenvalue weighted by Crippen LogP contribution is -2.17. The molecule has 0 amide bonds. The second kappa shape index (κ2) is 10.2. The first-order valence-corrected chi connectivity index (χ1v) is 9.63. The standard InChI is InChI=1S/C23H22ClF2NO2/c1-28-22-12-18(14-27-11-10-16-6-2-4-8-20(16)25)19(24)13-23(22)29-15-17-7-3-5-9-21(17)26/h2-9,12-13,27H,10-11,14-15H2,1H3. The molecule has 0 atom stereocenters. The number of hydrogen-bond donors (Lipinski definition) is 1. The van der Waals surface area contributed by atoms with Crippen molar-refractivity contribution in [1.29, 1.82) is 0 Å². The van der Waals surface area contributed by atoms with Gasteiger partial charge in [0, 0.05) is 23.2 Å². The molecule has 0 spiro atoms. The van der Waals surface area contributed by atoms with E-state index in [0.29, 0.717) is 47.2 Å². The van der Waals surface area contributed by atoms with Crippen LogP contribution < -0.4 is 14.8 Å². The predicted octanol–water partition coefficient (Wildman–Crippen LogP) is 5.54. The number of nitrogens with one attached hydrogen (secondary N) is 1. The first kappa shape index (κ1) is 21.1. The molecular formula is C23H22ClF2NO2. The molecule has 3 aromatic rings. The zero-order chi connectivity index (χ0) is 20.6. The molecule has 0 unspecified atom stereocenters. The van der Waals surface area contributed by atoms with Crippen LogP contribution in [0.25, 0.3) is 0 Å². The van der Waals surface area contributed by atoms with Crippen LogP contribution in [0.3, 0.4) is 0 Å². The third-order valence-corrected chi connectivity index (χ3v) is 4.87. The fourth-order valence-corrected chi connectivity index (χ4v) is 3.12. The summed E-state index contributed by atoms with van der Waals surface area (Å²) < 4.78 is 38.5. The highest BCUT2D eigenvalue weighted by atomic mass is 35.5. The van der Waals surface area contributed by atoms with E-state index < -0.39 is 0 Å². The van der Waals surface area contributed by atoms with Crippen molar-refractivity contribution in [3.8, 4) is 11.5 Å². The zero-order valence-corrected chi connectivity index (χ0v) is 16.8. The van der Waals surface area contributed by atoms with Gasteiger partial charge in [0.05, 0.1) is 7.11 Å². The maximum atomic E-state index is 13.8. The Bertz CT molecular complexity index is 965. The first-order chi connectivity index (χ1) is 14.1. The smallest absolute Gasteiger partial charge is 0.163 e. The Labute approximate surface area is 174 Å². The highest BCUT2D eigenvalue weighted by Gasteiger charge is 2.12. The average Bonchev–Trinajstić information content (AvgIpc) is 2.73. The first-order valence-electron chi connectivity index (χ1n) is 9.25. The molecule has 0 saturated heterocycles. The SMILES string of the molecule is COc1cc(CNCCc2ccccc2F)c(Cl)cc1OCc1ccccc1F. The van der Waals surface area contributed by atoms with Crippen molar-refractivity contribution < 1.29 is 18.3 Å². The molecule has 0 aliphatic rings. The molecule has 1 N–H and O–H groups in total. The van der Waals surface area contributed by atoms with E-state index >= 15 is 0 Å².